The summed E-state index contributed by atoms with van der Waals surface area (Å²) in [6, 6.07) is 10.8. The highest BCUT2D eigenvalue weighted by atomic mass is 35.5. The first-order valence-corrected chi connectivity index (χ1v) is 8.79. The lowest BCUT2D eigenvalue weighted by Gasteiger charge is -2.21. The molecule has 0 saturated heterocycles. The molecule has 2 aromatic rings. The summed E-state index contributed by atoms with van der Waals surface area (Å²) in [6.45, 7) is 3.69. The van der Waals surface area contributed by atoms with Crippen LogP contribution in [0.1, 0.15) is 18.9 Å². The van der Waals surface area contributed by atoms with Crippen molar-refractivity contribution < 1.29 is 19.1 Å². The lowest BCUT2D eigenvalue weighted by molar-refractivity contribution is -0.117. The number of amides is 2. The molecular formula is C20H23ClN2O4. The molecule has 1 N–H and O–H groups in total. The van der Waals surface area contributed by atoms with Crippen molar-refractivity contribution >= 4 is 34.8 Å². The van der Waals surface area contributed by atoms with E-state index in [1.165, 1.54) is 21.1 Å². The van der Waals surface area contributed by atoms with E-state index in [1.807, 2.05) is 31.2 Å². The molecule has 6 nitrogen and oxygen atoms in total. The maximum atomic E-state index is 12.4. The van der Waals surface area contributed by atoms with E-state index in [0.717, 1.165) is 11.3 Å². The van der Waals surface area contributed by atoms with Gasteiger partial charge in [-0.3, -0.25) is 9.59 Å². The molecule has 0 radical (unpaired) electrons. The first kappa shape index (κ1) is 20.6. The molecule has 0 saturated carbocycles. The molecular weight excluding hydrogens is 368 g/mol. The van der Waals surface area contributed by atoms with Gasteiger partial charge in [0.2, 0.25) is 11.8 Å². The normalized spacial score (nSPS) is 10.3. The predicted molar refractivity (Wildman–Crippen MR) is 107 cm³/mol. The average Bonchev–Trinajstić information content (AvgIpc) is 2.62. The number of methoxy groups -OCH3 is 2. The van der Waals surface area contributed by atoms with Crippen LogP contribution in [-0.2, 0) is 9.59 Å². The van der Waals surface area contributed by atoms with Crippen LogP contribution in [0.5, 0.6) is 11.5 Å². The topological polar surface area (TPSA) is 67.9 Å². The van der Waals surface area contributed by atoms with Crippen molar-refractivity contribution in [2.45, 2.75) is 20.3 Å². The summed E-state index contributed by atoms with van der Waals surface area (Å²) in [5.41, 5.74) is 2.26. The predicted octanol–water partition coefficient (Wildman–Crippen LogP) is 4.05. The monoisotopic (exact) mass is 390 g/mol. The molecule has 0 bridgehead atoms. The Morgan fingerprint density at radius 3 is 2.41 bits per heavy atom. The Bertz CT molecular complexity index is 839. The van der Waals surface area contributed by atoms with Gasteiger partial charge in [0.05, 0.1) is 24.9 Å². The summed E-state index contributed by atoms with van der Waals surface area (Å²) < 4.78 is 10.4. The smallest absolute Gasteiger partial charge is 0.226 e. The van der Waals surface area contributed by atoms with Crippen molar-refractivity contribution in [2.24, 2.45) is 0 Å². The van der Waals surface area contributed by atoms with Gasteiger partial charge in [0.1, 0.15) is 11.5 Å². The Morgan fingerprint density at radius 2 is 1.81 bits per heavy atom. The zero-order chi connectivity index (χ0) is 20.0. The Hall–Kier alpha value is -2.73. The Kier molecular flexibility index (Phi) is 7.07. The fraction of sp³-hybridized carbons (Fsp3) is 0.300. The van der Waals surface area contributed by atoms with E-state index < -0.39 is 0 Å². The summed E-state index contributed by atoms with van der Waals surface area (Å²) in [4.78, 5) is 26.0. The number of nitrogens with one attached hydrogen (secondary N) is 1. The van der Waals surface area contributed by atoms with Crippen LogP contribution in [0.3, 0.4) is 0 Å². The molecule has 2 aromatic carbocycles. The molecule has 0 aliphatic heterocycles. The van der Waals surface area contributed by atoms with E-state index >= 15 is 0 Å². The number of rotatable bonds is 7. The molecule has 2 rings (SSSR count). The third kappa shape index (κ3) is 5.37. The lowest BCUT2D eigenvalue weighted by Crippen LogP contribution is -2.32. The number of aryl methyl sites for hydroxylation is 1. The highest BCUT2D eigenvalue weighted by Gasteiger charge is 2.16. The summed E-state index contributed by atoms with van der Waals surface area (Å²) in [7, 11) is 2.98. The van der Waals surface area contributed by atoms with E-state index in [2.05, 4.69) is 5.32 Å². The van der Waals surface area contributed by atoms with Crippen LogP contribution in [0.15, 0.2) is 36.4 Å². The standard InChI is InChI=1S/C20H23ClN2O4/c1-13-6-5-7-15(10-13)23(14(2)24)9-8-20(25)22-17-12-18(26-3)16(21)11-19(17)27-4/h5-7,10-12H,8-9H2,1-4H3,(H,22,25). The number of ether oxygens (including phenoxy) is 2. The van der Waals surface area contributed by atoms with Gasteiger partial charge >= 0.3 is 0 Å². The van der Waals surface area contributed by atoms with Crippen molar-refractivity contribution in [2.75, 3.05) is 31.0 Å². The number of carbonyl (C=O) groups is 2. The molecule has 0 aliphatic rings. The second-order valence-electron chi connectivity index (χ2n) is 5.99. The van der Waals surface area contributed by atoms with Crippen molar-refractivity contribution in [1.29, 1.82) is 0 Å². The molecule has 0 unspecified atom stereocenters. The van der Waals surface area contributed by atoms with Crippen LogP contribution < -0.4 is 19.7 Å². The number of carbonyl (C=O) groups excluding carboxylic acids is 2. The van der Waals surface area contributed by atoms with E-state index in [-0.39, 0.29) is 24.8 Å². The second-order valence-corrected chi connectivity index (χ2v) is 6.40. The maximum Gasteiger partial charge on any atom is 0.226 e. The number of anilines is 2. The van der Waals surface area contributed by atoms with Crippen LogP contribution in [0, 0.1) is 6.92 Å². The highest BCUT2D eigenvalue weighted by molar-refractivity contribution is 6.32. The molecule has 0 fully saturated rings. The fourth-order valence-corrected chi connectivity index (χ4v) is 2.88. The van der Waals surface area contributed by atoms with Crippen molar-refractivity contribution in [3.05, 3.63) is 47.0 Å². The van der Waals surface area contributed by atoms with Gasteiger partial charge in [-0.05, 0) is 24.6 Å². The van der Waals surface area contributed by atoms with Gasteiger partial charge in [0.25, 0.3) is 0 Å². The van der Waals surface area contributed by atoms with Gasteiger partial charge in [-0.2, -0.15) is 0 Å². The lowest BCUT2D eigenvalue weighted by atomic mass is 10.2. The van der Waals surface area contributed by atoms with E-state index in [9.17, 15) is 9.59 Å². The maximum absolute atomic E-state index is 12.4. The highest BCUT2D eigenvalue weighted by Crippen LogP contribution is 2.35. The number of benzene rings is 2. The van der Waals surface area contributed by atoms with Gasteiger partial charge in [0, 0.05) is 37.7 Å². The SMILES string of the molecule is COc1cc(NC(=O)CCN(C(C)=O)c2cccc(C)c2)c(OC)cc1Cl. The van der Waals surface area contributed by atoms with Crippen LogP contribution >= 0.6 is 11.6 Å². The zero-order valence-electron chi connectivity index (χ0n) is 15.8. The molecule has 7 heteroatoms. The molecule has 0 aromatic heterocycles. The third-order valence-electron chi connectivity index (χ3n) is 4.00. The molecule has 0 spiro atoms. The van der Waals surface area contributed by atoms with Gasteiger partial charge in [-0.25, -0.2) is 0 Å². The quantitative estimate of drug-likeness (QED) is 0.774. The fourth-order valence-electron chi connectivity index (χ4n) is 2.65. The average molecular weight is 391 g/mol. The van der Waals surface area contributed by atoms with Crippen molar-refractivity contribution in [3.8, 4) is 11.5 Å². The van der Waals surface area contributed by atoms with Gasteiger partial charge < -0.3 is 19.7 Å². The number of hydrogen-bond donors (Lipinski definition) is 1. The van der Waals surface area contributed by atoms with Gasteiger partial charge in [-0.15, -0.1) is 0 Å². The van der Waals surface area contributed by atoms with E-state index in [1.54, 1.807) is 17.0 Å². The zero-order valence-corrected chi connectivity index (χ0v) is 16.6. The summed E-state index contributed by atoms with van der Waals surface area (Å²) in [5.74, 6) is 0.477. The van der Waals surface area contributed by atoms with Crippen LogP contribution in [-0.4, -0.2) is 32.6 Å². The summed E-state index contributed by atoms with van der Waals surface area (Å²) in [6.07, 6.45) is 0.127. The molecule has 27 heavy (non-hydrogen) atoms. The first-order valence-electron chi connectivity index (χ1n) is 8.42. The molecule has 0 atom stereocenters. The van der Waals surface area contributed by atoms with Crippen molar-refractivity contribution in [1.82, 2.24) is 0 Å². The largest absolute Gasteiger partial charge is 0.495 e. The Balaban J connectivity index is 2.10. The minimum atomic E-state index is -0.253. The Labute approximate surface area is 164 Å². The second kappa shape index (κ2) is 9.28. The van der Waals surface area contributed by atoms with E-state index in [0.29, 0.717) is 22.2 Å². The summed E-state index contributed by atoms with van der Waals surface area (Å²) in [5, 5.41) is 3.16. The number of halogens is 1. The minimum Gasteiger partial charge on any atom is -0.495 e. The first-order chi connectivity index (χ1) is 12.8. The molecule has 2 amide bonds. The van der Waals surface area contributed by atoms with Gasteiger partial charge in [-0.1, -0.05) is 23.7 Å². The summed E-state index contributed by atoms with van der Waals surface area (Å²) >= 11 is 6.07. The molecule has 0 heterocycles. The minimum absolute atomic E-state index is 0.126. The molecule has 144 valence electrons. The third-order valence-corrected chi connectivity index (χ3v) is 4.30. The van der Waals surface area contributed by atoms with Crippen molar-refractivity contribution in [3.63, 3.8) is 0 Å². The molecule has 0 aliphatic carbocycles. The Morgan fingerprint density at radius 1 is 1.11 bits per heavy atom. The number of hydrogen-bond acceptors (Lipinski definition) is 4. The van der Waals surface area contributed by atoms with Gasteiger partial charge in [0.15, 0.2) is 0 Å². The number of nitrogens with zero attached hydrogens (tertiary/aromatic N) is 1. The van der Waals surface area contributed by atoms with Crippen LogP contribution in [0.2, 0.25) is 5.02 Å². The van der Waals surface area contributed by atoms with Crippen LogP contribution in [0.25, 0.3) is 0 Å². The van der Waals surface area contributed by atoms with E-state index in [4.69, 9.17) is 21.1 Å². The van der Waals surface area contributed by atoms with Crippen LogP contribution in [0.4, 0.5) is 11.4 Å².